The van der Waals surface area contributed by atoms with Crippen LogP contribution in [0.1, 0.15) is 29.7 Å². The normalized spacial score (nSPS) is 13.4. The van der Waals surface area contributed by atoms with Crippen LogP contribution in [0, 0.1) is 0 Å². The van der Waals surface area contributed by atoms with Gasteiger partial charge in [0.05, 0.1) is 11.4 Å². The molecule has 0 saturated carbocycles. The number of carbonyl (C=O) groups is 1. The SMILES string of the molecule is O=C(CSc1nc2c(c(=O)[nH]1)CCCC2)NCc1ccccc1. The van der Waals surface area contributed by atoms with E-state index in [0.29, 0.717) is 11.7 Å². The monoisotopic (exact) mass is 329 g/mol. The Labute approximate surface area is 138 Å². The maximum Gasteiger partial charge on any atom is 0.254 e. The van der Waals surface area contributed by atoms with Crippen LogP contribution in [0.2, 0.25) is 0 Å². The first-order valence-electron chi connectivity index (χ1n) is 7.78. The largest absolute Gasteiger partial charge is 0.351 e. The number of hydrogen-bond donors (Lipinski definition) is 2. The average molecular weight is 329 g/mol. The van der Waals surface area contributed by atoms with E-state index < -0.39 is 0 Å². The quantitative estimate of drug-likeness (QED) is 0.650. The van der Waals surface area contributed by atoms with Gasteiger partial charge in [0.25, 0.3) is 5.56 Å². The lowest BCUT2D eigenvalue weighted by atomic mass is 9.97. The van der Waals surface area contributed by atoms with E-state index in [1.807, 2.05) is 30.3 Å². The predicted molar refractivity (Wildman–Crippen MR) is 90.5 cm³/mol. The van der Waals surface area contributed by atoms with E-state index >= 15 is 0 Å². The number of aromatic nitrogens is 2. The highest BCUT2D eigenvalue weighted by atomic mass is 32.2. The van der Waals surface area contributed by atoms with Crippen LogP contribution in [-0.2, 0) is 24.2 Å². The maximum atomic E-state index is 12.0. The molecule has 0 unspecified atom stereocenters. The van der Waals surface area contributed by atoms with Gasteiger partial charge in [-0.05, 0) is 31.2 Å². The summed E-state index contributed by atoms with van der Waals surface area (Å²) in [6.07, 6.45) is 3.78. The van der Waals surface area contributed by atoms with Crippen LogP contribution in [0.5, 0.6) is 0 Å². The molecular formula is C17H19N3O2S. The summed E-state index contributed by atoms with van der Waals surface area (Å²) in [4.78, 5) is 31.2. The Morgan fingerprint density at radius 2 is 2.00 bits per heavy atom. The molecule has 1 heterocycles. The predicted octanol–water partition coefficient (Wildman–Crippen LogP) is 2.06. The molecule has 0 spiro atoms. The number of nitrogens with one attached hydrogen (secondary N) is 2. The Balaban J connectivity index is 1.55. The van der Waals surface area contributed by atoms with E-state index in [0.717, 1.165) is 42.5 Å². The van der Waals surface area contributed by atoms with Gasteiger partial charge in [0.2, 0.25) is 5.91 Å². The smallest absolute Gasteiger partial charge is 0.254 e. The Bertz CT molecular complexity index is 743. The minimum absolute atomic E-state index is 0.0538. The Morgan fingerprint density at radius 3 is 2.83 bits per heavy atom. The van der Waals surface area contributed by atoms with Crippen LogP contribution in [0.4, 0.5) is 0 Å². The van der Waals surface area contributed by atoms with Crippen molar-refractivity contribution < 1.29 is 4.79 Å². The van der Waals surface area contributed by atoms with Gasteiger partial charge < -0.3 is 10.3 Å². The van der Waals surface area contributed by atoms with Crippen LogP contribution in [0.15, 0.2) is 40.3 Å². The van der Waals surface area contributed by atoms with Crippen molar-refractivity contribution in [3.05, 3.63) is 57.5 Å². The second-order valence-electron chi connectivity index (χ2n) is 5.55. The summed E-state index contributed by atoms with van der Waals surface area (Å²) in [6, 6.07) is 9.77. The van der Waals surface area contributed by atoms with Gasteiger partial charge in [-0.2, -0.15) is 0 Å². The number of rotatable bonds is 5. The molecule has 1 aliphatic carbocycles. The van der Waals surface area contributed by atoms with E-state index in [4.69, 9.17) is 0 Å². The fourth-order valence-electron chi connectivity index (χ4n) is 2.63. The van der Waals surface area contributed by atoms with E-state index in [9.17, 15) is 9.59 Å². The van der Waals surface area contributed by atoms with E-state index in [2.05, 4.69) is 15.3 Å². The molecule has 5 nitrogen and oxygen atoms in total. The average Bonchev–Trinajstić information content (AvgIpc) is 2.59. The van der Waals surface area contributed by atoms with E-state index in [1.165, 1.54) is 11.8 Å². The Kier molecular flexibility index (Phi) is 5.12. The molecule has 2 N–H and O–H groups in total. The first-order chi connectivity index (χ1) is 11.2. The lowest BCUT2D eigenvalue weighted by Crippen LogP contribution is -2.25. The molecule has 1 amide bonds. The van der Waals surface area contributed by atoms with Crippen molar-refractivity contribution in [2.45, 2.75) is 37.4 Å². The summed E-state index contributed by atoms with van der Waals surface area (Å²) in [6.45, 7) is 0.508. The van der Waals surface area contributed by atoms with Crippen LogP contribution in [0.25, 0.3) is 0 Å². The second-order valence-corrected chi connectivity index (χ2v) is 6.52. The summed E-state index contributed by atoms with van der Waals surface area (Å²) in [5.41, 5.74) is 2.72. The number of aryl methyl sites for hydroxylation is 1. The number of aromatic amines is 1. The number of thioether (sulfide) groups is 1. The highest BCUT2D eigenvalue weighted by Gasteiger charge is 2.16. The summed E-state index contributed by atoms with van der Waals surface area (Å²) in [7, 11) is 0. The summed E-state index contributed by atoms with van der Waals surface area (Å²) in [5.74, 6) is 0.174. The molecule has 23 heavy (non-hydrogen) atoms. The van der Waals surface area contributed by atoms with Crippen molar-refractivity contribution in [2.75, 3.05) is 5.75 Å². The van der Waals surface area contributed by atoms with Crippen molar-refractivity contribution in [3.63, 3.8) is 0 Å². The Hall–Kier alpha value is -2.08. The molecule has 120 valence electrons. The van der Waals surface area contributed by atoms with Crippen molar-refractivity contribution in [1.82, 2.24) is 15.3 Å². The highest BCUT2D eigenvalue weighted by molar-refractivity contribution is 7.99. The van der Waals surface area contributed by atoms with Gasteiger partial charge in [0.1, 0.15) is 0 Å². The molecule has 1 aliphatic rings. The van der Waals surface area contributed by atoms with Gasteiger partial charge in [0, 0.05) is 12.1 Å². The zero-order valence-corrected chi connectivity index (χ0v) is 13.6. The van der Waals surface area contributed by atoms with Crippen molar-refractivity contribution in [2.24, 2.45) is 0 Å². The third kappa shape index (κ3) is 4.22. The van der Waals surface area contributed by atoms with E-state index in [1.54, 1.807) is 0 Å². The summed E-state index contributed by atoms with van der Waals surface area (Å²) in [5, 5.41) is 3.40. The van der Waals surface area contributed by atoms with E-state index in [-0.39, 0.29) is 17.2 Å². The third-order valence-corrected chi connectivity index (χ3v) is 4.72. The van der Waals surface area contributed by atoms with Gasteiger partial charge in [-0.15, -0.1) is 0 Å². The highest BCUT2D eigenvalue weighted by Crippen LogP contribution is 2.19. The first-order valence-corrected chi connectivity index (χ1v) is 8.76. The zero-order chi connectivity index (χ0) is 16.1. The standard InChI is InChI=1S/C17H19N3O2S/c21-15(18-10-12-6-2-1-3-7-12)11-23-17-19-14-9-5-4-8-13(14)16(22)20-17/h1-3,6-7H,4-5,8-11H2,(H,18,21)(H,19,20,22). The molecule has 2 aromatic rings. The molecule has 0 radical (unpaired) electrons. The number of nitrogens with zero attached hydrogens (tertiary/aromatic N) is 1. The first kappa shape index (κ1) is 15.8. The van der Waals surface area contributed by atoms with Crippen LogP contribution in [-0.4, -0.2) is 21.6 Å². The number of hydrogen-bond acceptors (Lipinski definition) is 4. The van der Waals surface area contributed by atoms with Crippen molar-refractivity contribution in [1.29, 1.82) is 0 Å². The molecule has 0 atom stereocenters. The molecule has 1 aromatic heterocycles. The minimum Gasteiger partial charge on any atom is -0.351 e. The molecule has 0 saturated heterocycles. The lowest BCUT2D eigenvalue weighted by molar-refractivity contribution is -0.118. The van der Waals surface area contributed by atoms with Crippen LogP contribution in [0.3, 0.4) is 0 Å². The number of H-pyrrole nitrogens is 1. The number of fused-ring (bicyclic) bond motifs is 1. The number of benzene rings is 1. The van der Waals surface area contributed by atoms with Crippen molar-refractivity contribution >= 4 is 17.7 Å². The molecule has 1 aromatic carbocycles. The van der Waals surface area contributed by atoms with Gasteiger partial charge in [0.15, 0.2) is 5.16 Å². The lowest BCUT2D eigenvalue weighted by Gasteiger charge is -2.14. The molecule has 3 rings (SSSR count). The molecule has 0 bridgehead atoms. The number of amides is 1. The van der Waals surface area contributed by atoms with Crippen molar-refractivity contribution in [3.8, 4) is 0 Å². The zero-order valence-electron chi connectivity index (χ0n) is 12.8. The minimum atomic E-state index is -0.0702. The molecule has 0 aliphatic heterocycles. The Morgan fingerprint density at radius 1 is 1.22 bits per heavy atom. The molecular weight excluding hydrogens is 310 g/mol. The topological polar surface area (TPSA) is 74.8 Å². The fraction of sp³-hybridized carbons (Fsp3) is 0.353. The second kappa shape index (κ2) is 7.46. The third-order valence-electron chi connectivity index (χ3n) is 3.84. The summed E-state index contributed by atoms with van der Waals surface area (Å²) < 4.78 is 0. The molecule has 0 fully saturated rings. The fourth-order valence-corrected chi connectivity index (χ4v) is 3.34. The van der Waals surface area contributed by atoms with Gasteiger partial charge in [-0.1, -0.05) is 42.1 Å². The molecule has 6 heteroatoms. The summed E-state index contributed by atoms with van der Waals surface area (Å²) >= 11 is 1.27. The van der Waals surface area contributed by atoms with Crippen LogP contribution < -0.4 is 10.9 Å². The number of carbonyl (C=O) groups excluding carboxylic acids is 1. The maximum absolute atomic E-state index is 12.0. The van der Waals surface area contributed by atoms with Gasteiger partial charge in [-0.25, -0.2) is 4.98 Å². The van der Waals surface area contributed by atoms with Crippen LogP contribution >= 0.6 is 11.8 Å². The van der Waals surface area contributed by atoms with Gasteiger partial charge >= 0.3 is 0 Å². The van der Waals surface area contributed by atoms with Gasteiger partial charge in [-0.3, -0.25) is 9.59 Å².